The molecular formula is C16H26N4O2S. The number of rotatable bonds is 6. The summed E-state index contributed by atoms with van der Waals surface area (Å²) in [7, 11) is 1.93. The number of carbonyl (C=O) groups excluding carboxylic acids is 2. The number of nitrogens with two attached hydrogens (primary N) is 1. The van der Waals surface area contributed by atoms with Gasteiger partial charge in [-0.25, -0.2) is 4.98 Å². The molecule has 1 fully saturated rings. The van der Waals surface area contributed by atoms with Gasteiger partial charge in [0.25, 0.3) is 0 Å². The van der Waals surface area contributed by atoms with E-state index in [0.29, 0.717) is 19.6 Å². The van der Waals surface area contributed by atoms with Crippen molar-refractivity contribution in [1.82, 2.24) is 14.8 Å². The second kappa shape index (κ2) is 7.88. The van der Waals surface area contributed by atoms with Crippen LogP contribution in [-0.4, -0.2) is 52.8 Å². The molecule has 0 bridgehead atoms. The van der Waals surface area contributed by atoms with Crippen molar-refractivity contribution in [3.05, 3.63) is 16.1 Å². The Kier molecular flexibility index (Phi) is 6.12. The van der Waals surface area contributed by atoms with E-state index in [9.17, 15) is 9.59 Å². The van der Waals surface area contributed by atoms with Gasteiger partial charge in [0, 0.05) is 25.0 Å². The second-order valence-corrected chi connectivity index (χ2v) is 7.15. The zero-order valence-electron chi connectivity index (χ0n) is 14.1. The minimum Gasteiger partial charge on any atom is -0.369 e. The third-order valence-electron chi connectivity index (χ3n) is 4.47. The average molecular weight is 338 g/mol. The molecule has 1 aliphatic rings. The number of aromatic nitrogens is 1. The Hall–Kier alpha value is -1.47. The smallest absolute Gasteiger partial charge is 0.239 e. The Morgan fingerprint density at radius 1 is 1.57 bits per heavy atom. The van der Waals surface area contributed by atoms with E-state index in [-0.39, 0.29) is 23.8 Å². The van der Waals surface area contributed by atoms with Crippen LogP contribution in [0.15, 0.2) is 5.38 Å². The van der Waals surface area contributed by atoms with E-state index >= 15 is 0 Å². The van der Waals surface area contributed by atoms with Gasteiger partial charge in [-0.2, -0.15) is 0 Å². The molecule has 2 amide bonds. The zero-order chi connectivity index (χ0) is 17.0. The first-order chi connectivity index (χ1) is 10.9. The van der Waals surface area contributed by atoms with Gasteiger partial charge in [-0.1, -0.05) is 6.92 Å². The Morgan fingerprint density at radius 3 is 2.91 bits per heavy atom. The van der Waals surface area contributed by atoms with Gasteiger partial charge in [0.15, 0.2) is 0 Å². The number of amides is 2. The maximum absolute atomic E-state index is 12.7. The number of piperidine rings is 1. The first kappa shape index (κ1) is 17.9. The lowest BCUT2D eigenvalue weighted by atomic mass is 9.97. The van der Waals surface area contributed by atoms with Gasteiger partial charge >= 0.3 is 0 Å². The van der Waals surface area contributed by atoms with Crippen molar-refractivity contribution in [3.8, 4) is 0 Å². The highest BCUT2D eigenvalue weighted by molar-refractivity contribution is 7.09. The average Bonchev–Trinajstić information content (AvgIpc) is 3.01. The predicted molar refractivity (Wildman–Crippen MR) is 90.9 cm³/mol. The van der Waals surface area contributed by atoms with Crippen molar-refractivity contribution in [3.63, 3.8) is 0 Å². The van der Waals surface area contributed by atoms with Gasteiger partial charge in [-0.15, -0.1) is 11.3 Å². The molecule has 2 heterocycles. The summed E-state index contributed by atoms with van der Waals surface area (Å²) in [4.78, 5) is 32.4. The first-order valence-electron chi connectivity index (χ1n) is 8.14. The minimum absolute atomic E-state index is 0.0596. The number of likely N-dealkylation sites (tertiary alicyclic amines) is 1. The lowest BCUT2D eigenvalue weighted by Crippen LogP contribution is -2.50. The Labute approximate surface area is 141 Å². The molecule has 6 nitrogen and oxygen atoms in total. The molecular weight excluding hydrogens is 312 g/mol. The van der Waals surface area contributed by atoms with Crippen LogP contribution in [0.25, 0.3) is 0 Å². The van der Waals surface area contributed by atoms with Gasteiger partial charge < -0.3 is 10.6 Å². The van der Waals surface area contributed by atoms with E-state index in [0.717, 1.165) is 30.0 Å². The van der Waals surface area contributed by atoms with Crippen molar-refractivity contribution >= 4 is 23.2 Å². The number of primary amides is 1. The number of carbonyl (C=O) groups is 2. The van der Waals surface area contributed by atoms with Gasteiger partial charge in [0.2, 0.25) is 11.8 Å². The number of thiazole rings is 1. The van der Waals surface area contributed by atoms with Crippen LogP contribution >= 0.6 is 11.3 Å². The number of likely N-dealkylation sites (N-methyl/N-ethyl adjacent to an activating group) is 1. The van der Waals surface area contributed by atoms with E-state index in [4.69, 9.17) is 5.73 Å². The fraction of sp³-hybridized carbons (Fsp3) is 0.688. The molecule has 7 heteroatoms. The van der Waals surface area contributed by atoms with Crippen LogP contribution < -0.4 is 5.73 Å². The minimum atomic E-state index is -0.307. The largest absolute Gasteiger partial charge is 0.369 e. The summed E-state index contributed by atoms with van der Waals surface area (Å²) in [6.07, 6.45) is 2.55. The monoisotopic (exact) mass is 338 g/mol. The summed E-state index contributed by atoms with van der Waals surface area (Å²) in [5.74, 6) is -0.460. The van der Waals surface area contributed by atoms with Crippen LogP contribution in [0.4, 0.5) is 0 Å². The lowest BCUT2D eigenvalue weighted by Gasteiger charge is -2.35. The van der Waals surface area contributed by atoms with E-state index in [1.165, 1.54) is 0 Å². The highest BCUT2D eigenvalue weighted by atomic mass is 32.1. The number of aryl methyl sites for hydroxylation is 1. The third-order valence-corrected chi connectivity index (χ3v) is 5.51. The fourth-order valence-corrected chi connectivity index (χ4v) is 3.57. The summed E-state index contributed by atoms with van der Waals surface area (Å²) in [5, 5.41) is 3.17. The van der Waals surface area contributed by atoms with Crippen LogP contribution in [0.1, 0.15) is 37.4 Å². The van der Waals surface area contributed by atoms with Crippen LogP contribution in [0.3, 0.4) is 0 Å². The van der Waals surface area contributed by atoms with Crippen molar-refractivity contribution in [2.24, 2.45) is 11.7 Å². The fourth-order valence-electron chi connectivity index (χ4n) is 2.84. The molecule has 0 aromatic carbocycles. The van der Waals surface area contributed by atoms with E-state index < -0.39 is 0 Å². The molecule has 2 atom stereocenters. The Morgan fingerprint density at radius 2 is 2.30 bits per heavy atom. The molecule has 2 rings (SSSR count). The van der Waals surface area contributed by atoms with Crippen LogP contribution in [0, 0.1) is 5.92 Å². The van der Waals surface area contributed by atoms with E-state index in [1.807, 2.05) is 18.9 Å². The lowest BCUT2D eigenvalue weighted by molar-refractivity contribution is -0.139. The van der Waals surface area contributed by atoms with Gasteiger partial charge in [-0.05, 0) is 33.2 Å². The SMILES string of the molecule is CCc1nc(CN(C)C(C)C(=O)N2CCCC(C(N)=O)C2)cs1. The highest BCUT2D eigenvalue weighted by Gasteiger charge is 2.30. The van der Waals surface area contributed by atoms with Crippen LogP contribution in [0.5, 0.6) is 0 Å². The normalized spacial score (nSPS) is 19.8. The second-order valence-electron chi connectivity index (χ2n) is 6.20. The summed E-state index contributed by atoms with van der Waals surface area (Å²) >= 11 is 1.66. The predicted octanol–water partition coefficient (Wildman–Crippen LogP) is 1.25. The van der Waals surface area contributed by atoms with Crippen LogP contribution in [0.2, 0.25) is 0 Å². The molecule has 0 spiro atoms. The molecule has 2 unspecified atom stereocenters. The molecule has 2 N–H and O–H groups in total. The maximum atomic E-state index is 12.7. The zero-order valence-corrected chi connectivity index (χ0v) is 14.9. The van der Waals surface area contributed by atoms with Crippen molar-refractivity contribution in [2.45, 2.75) is 45.7 Å². The molecule has 1 aliphatic heterocycles. The number of nitrogens with zero attached hydrogens (tertiary/aromatic N) is 3. The van der Waals surface area contributed by atoms with E-state index in [1.54, 1.807) is 16.2 Å². The van der Waals surface area contributed by atoms with Crippen LogP contribution in [-0.2, 0) is 22.6 Å². The van der Waals surface area contributed by atoms with Gasteiger partial charge in [0.05, 0.1) is 22.7 Å². The quantitative estimate of drug-likeness (QED) is 0.846. The van der Waals surface area contributed by atoms with Crippen molar-refractivity contribution in [2.75, 3.05) is 20.1 Å². The molecule has 0 radical (unpaired) electrons. The van der Waals surface area contributed by atoms with Gasteiger partial charge in [0.1, 0.15) is 0 Å². The molecule has 128 valence electrons. The summed E-state index contributed by atoms with van der Waals surface area (Å²) in [5.41, 5.74) is 6.39. The van der Waals surface area contributed by atoms with Crippen molar-refractivity contribution in [1.29, 1.82) is 0 Å². The summed E-state index contributed by atoms with van der Waals surface area (Å²) in [6, 6.07) is -0.242. The molecule has 0 aliphatic carbocycles. The maximum Gasteiger partial charge on any atom is 0.239 e. The molecule has 1 aromatic heterocycles. The Bertz CT molecular complexity index is 560. The van der Waals surface area contributed by atoms with Crippen molar-refractivity contribution < 1.29 is 9.59 Å². The first-order valence-corrected chi connectivity index (χ1v) is 9.02. The van der Waals surface area contributed by atoms with Gasteiger partial charge in [-0.3, -0.25) is 14.5 Å². The summed E-state index contributed by atoms with van der Waals surface area (Å²) in [6.45, 7) is 5.80. The molecule has 23 heavy (non-hydrogen) atoms. The van der Waals surface area contributed by atoms with E-state index in [2.05, 4.69) is 17.3 Å². The molecule has 1 aromatic rings. The molecule has 1 saturated heterocycles. The topological polar surface area (TPSA) is 79.5 Å². The third kappa shape index (κ3) is 4.51. The molecule has 0 saturated carbocycles. The Balaban J connectivity index is 1.93. The highest BCUT2D eigenvalue weighted by Crippen LogP contribution is 2.19. The standard InChI is InChI=1S/C16H26N4O2S/c1-4-14-18-13(10-23-14)9-19(3)11(2)16(22)20-7-5-6-12(8-20)15(17)21/h10-12H,4-9H2,1-3H3,(H2,17,21). The number of hydrogen-bond donors (Lipinski definition) is 1. The summed E-state index contributed by atoms with van der Waals surface area (Å²) < 4.78 is 0. The number of hydrogen-bond acceptors (Lipinski definition) is 5.